The van der Waals surface area contributed by atoms with Gasteiger partial charge in [-0.1, -0.05) is 24.3 Å². The molecule has 1 amide bonds. The fraction of sp³-hybridized carbons (Fsp3) is 0.111. The number of benzene rings is 2. The Morgan fingerprint density at radius 2 is 2.04 bits per heavy atom. The lowest BCUT2D eigenvalue weighted by atomic mass is 10.1. The minimum absolute atomic E-state index is 0.0771. The van der Waals surface area contributed by atoms with Crippen LogP contribution in [-0.2, 0) is 11.2 Å². The Morgan fingerprint density at radius 3 is 2.83 bits per heavy atom. The van der Waals surface area contributed by atoms with Gasteiger partial charge < -0.3 is 10.1 Å². The molecule has 0 unspecified atom stereocenters. The third-order valence-corrected chi connectivity index (χ3v) is 3.46. The second-order valence-corrected chi connectivity index (χ2v) is 5.11. The van der Waals surface area contributed by atoms with Crippen molar-refractivity contribution < 1.29 is 13.9 Å². The molecule has 2 aromatic carbocycles. The molecule has 0 saturated heterocycles. The van der Waals surface area contributed by atoms with Crippen LogP contribution in [0.25, 0.3) is 10.9 Å². The normalized spacial score (nSPS) is 10.5. The summed E-state index contributed by atoms with van der Waals surface area (Å²) in [6, 6.07) is 14.0. The minimum atomic E-state index is -0.481. The van der Waals surface area contributed by atoms with Crippen molar-refractivity contribution in [3.05, 3.63) is 66.1 Å². The highest BCUT2D eigenvalue weighted by Crippen LogP contribution is 2.19. The number of hydrogen-bond donors (Lipinski definition) is 1. The summed E-state index contributed by atoms with van der Waals surface area (Å²) >= 11 is 0. The van der Waals surface area contributed by atoms with Gasteiger partial charge in [-0.05, 0) is 29.8 Å². The van der Waals surface area contributed by atoms with Crippen LogP contribution in [0, 0.1) is 5.82 Å². The largest absolute Gasteiger partial charge is 0.494 e. The van der Waals surface area contributed by atoms with Crippen LogP contribution in [-0.4, -0.2) is 18.0 Å². The van der Waals surface area contributed by atoms with Crippen LogP contribution >= 0.6 is 0 Å². The van der Waals surface area contributed by atoms with E-state index < -0.39 is 5.82 Å². The van der Waals surface area contributed by atoms with E-state index in [2.05, 4.69) is 10.3 Å². The van der Waals surface area contributed by atoms with Crippen LogP contribution in [0.5, 0.6) is 5.75 Å². The van der Waals surface area contributed by atoms with Crippen LogP contribution in [0.3, 0.4) is 0 Å². The summed E-state index contributed by atoms with van der Waals surface area (Å²) in [6.45, 7) is 0. The van der Waals surface area contributed by atoms with Gasteiger partial charge in [0.05, 0.1) is 30.9 Å². The smallest absolute Gasteiger partial charge is 0.228 e. The summed E-state index contributed by atoms with van der Waals surface area (Å²) in [5.74, 6) is -0.551. The fourth-order valence-electron chi connectivity index (χ4n) is 2.35. The topological polar surface area (TPSA) is 51.2 Å². The summed E-state index contributed by atoms with van der Waals surface area (Å²) in [7, 11) is 1.40. The molecule has 116 valence electrons. The number of amides is 1. The second-order valence-electron chi connectivity index (χ2n) is 5.11. The molecule has 0 atom stereocenters. The maximum absolute atomic E-state index is 13.6. The third kappa shape index (κ3) is 3.45. The number of para-hydroxylation sites is 1. The standard InChI is InChI=1S/C18H15FN2O2/c1-23-17-7-6-12(8-15(17)19)9-18(22)21-14-10-13-4-2-3-5-16(13)20-11-14/h2-8,10-11H,9H2,1H3,(H,21,22). The fourth-order valence-corrected chi connectivity index (χ4v) is 2.35. The van der Waals surface area contributed by atoms with Crippen LogP contribution in [0.1, 0.15) is 5.56 Å². The van der Waals surface area contributed by atoms with Crippen molar-refractivity contribution in [1.29, 1.82) is 0 Å². The predicted molar refractivity (Wildman–Crippen MR) is 87.0 cm³/mol. The van der Waals surface area contributed by atoms with Gasteiger partial charge in [-0.15, -0.1) is 0 Å². The van der Waals surface area contributed by atoms with Crippen LogP contribution in [0.4, 0.5) is 10.1 Å². The van der Waals surface area contributed by atoms with Crippen molar-refractivity contribution in [2.45, 2.75) is 6.42 Å². The summed E-state index contributed by atoms with van der Waals surface area (Å²) in [4.78, 5) is 16.4. The first-order valence-electron chi connectivity index (χ1n) is 7.13. The van der Waals surface area contributed by atoms with Gasteiger partial charge in [0, 0.05) is 5.39 Å². The molecule has 0 aliphatic rings. The molecule has 23 heavy (non-hydrogen) atoms. The molecule has 0 bridgehead atoms. The lowest BCUT2D eigenvalue weighted by Crippen LogP contribution is -2.14. The van der Waals surface area contributed by atoms with Gasteiger partial charge in [0.1, 0.15) is 0 Å². The Labute approximate surface area is 132 Å². The van der Waals surface area contributed by atoms with E-state index in [0.717, 1.165) is 10.9 Å². The molecule has 0 spiro atoms. The Bertz CT molecular complexity index is 865. The molecular weight excluding hydrogens is 295 g/mol. The minimum Gasteiger partial charge on any atom is -0.494 e. The SMILES string of the molecule is COc1ccc(CC(=O)Nc2cnc3ccccc3c2)cc1F. The number of methoxy groups -OCH3 is 1. The van der Waals surface area contributed by atoms with E-state index in [-0.39, 0.29) is 18.1 Å². The number of rotatable bonds is 4. The van der Waals surface area contributed by atoms with Crippen molar-refractivity contribution in [2.24, 2.45) is 0 Å². The molecule has 0 aliphatic carbocycles. The van der Waals surface area contributed by atoms with Gasteiger partial charge in [-0.25, -0.2) is 4.39 Å². The maximum atomic E-state index is 13.6. The number of nitrogens with zero attached hydrogens (tertiary/aromatic N) is 1. The molecule has 3 aromatic rings. The highest BCUT2D eigenvalue weighted by Gasteiger charge is 2.08. The first-order valence-corrected chi connectivity index (χ1v) is 7.13. The van der Waals surface area contributed by atoms with Crippen molar-refractivity contribution in [2.75, 3.05) is 12.4 Å². The van der Waals surface area contributed by atoms with Gasteiger partial charge in [0.25, 0.3) is 0 Å². The van der Waals surface area contributed by atoms with Crippen molar-refractivity contribution in [3.8, 4) is 5.75 Å². The molecule has 1 N–H and O–H groups in total. The molecule has 3 rings (SSSR count). The maximum Gasteiger partial charge on any atom is 0.228 e. The molecule has 4 nitrogen and oxygen atoms in total. The van der Waals surface area contributed by atoms with Gasteiger partial charge in [0.2, 0.25) is 5.91 Å². The van der Waals surface area contributed by atoms with Crippen molar-refractivity contribution >= 4 is 22.5 Å². The van der Waals surface area contributed by atoms with Crippen LogP contribution in [0.15, 0.2) is 54.7 Å². The number of carbonyl (C=O) groups excluding carboxylic acids is 1. The average Bonchev–Trinajstić information content (AvgIpc) is 2.55. The number of pyridine rings is 1. The second kappa shape index (κ2) is 6.44. The molecule has 0 aliphatic heterocycles. The number of ether oxygens (including phenoxy) is 1. The van der Waals surface area contributed by atoms with Gasteiger partial charge >= 0.3 is 0 Å². The van der Waals surface area contributed by atoms with E-state index in [1.54, 1.807) is 12.3 Å². The Morgan fingerprint density at radius 1 is 1.22 bits per heavy atom. The summed E-state index contributed by atoms with van der Waals surface area (Å²) in [5.41, 5.74) is 2.06. The first-order chi connectivity index (χ1) is 11.2. The first kappa shape index (κ1) is 15.0. The molecule has 0 fully saturated rings. The number of halogens is 1. The predicted octanol–water partition coefficient (Wildman–Crippen LogP) is 3.56. The number of anilines is 1. The van der Waals surface area contributed by atoms with Crippen molar-refractivity contribution in [3.63, 3.8) is 0 Å². The number of hydrogen-bond acceptors (Lipinski definition) is 3. The zero-order chi connectivity index (χ0) is 16.2. The third-order valence-electron chi connectivity index (χ3n) is 3.46. The number of aromatic nitrogens is 1. The molecule has 0 radical (unpaired) electrons. The lowest BCUT2D eigenvalue weighted by molar-refractivity contribution is -0.115. The van der Waals surface area contributed by atoms with E-state index in [1.165, 1.54) is 19.2 Å². The quantitative estimate of drug-likeness (QED) is 0.801. The van der Waals surface area contributed by atoms with E-state index in [4.69, 9.17) is 4.74 Å². The lowest BCUT2D eigenvalue weighted by Gasteiger charge is -2.07. The van der Waals surface area contributed by atoms with E-state index in [1.807, 2.05) is 30.3 Å². The summed E-state index contributed by atoms with van der Waals surface area (Å²) < 4.78 is 18.5. The summed E-state index contributed by atoms with van der Waals surface area (Å²) in [5, 5.41) is 3.72. The number of carbonyl (C=O) groups is 1. The van der Waals surface area contributed by atoms with Crippen LogP contribution < -0.4 is 10.1 Å². The highest BCUT2D eigenvalue weighted by atomic mass is 19.1. The Balaban J connectivity index is 1.71. The zero-order valence-corrected chi connectivity index (χ0v) is 12.5. The number of fused-ring (bicyclic) bond motifs is 1. The van der Waals surface area contributed by atoms with Gasteiger partial charge in [0.15, 0.2) is 11.6 Å². The van der Waals surface area contributed by atoms with Gasteiger partial charge in [-0.3, -0.25) is 9.78 Å². The molecular formula is C18H15FN2O2. The number of nitrogens with one attached hydrogen (secondary N) is 1. The molecule has 0 saturated carbocycles. The van der Waals surface area contributed by atoms with Crippen LogP contribution in [0.2, 0.25) is 0 Å². The zero-order valence-electron chi connectivity index (χ0n) is 12.5. The monoisotopic (exact) mass is 310 g/mol. The average molecular weight is 310 g/mol. The summed E-state index contributed by atoms with van der Waals surface area (Å²) in [6.07, 6.45) is 1.68. The van der Waals surface area contributed by atoms with E-state index in [0.29, 0.717) is 11.3 Å². The Kier molecular flexibility index (Phi) is 4.19. The molecule has 5 heteroatoms. The molecule has 1 aromatic heterocycles. The van der Waals surface area contributed by atoms with Gasteiger partial charge in [-0.2, -0.15) is 0 Å². The van der Waals surface area contributed by atoms with E-state index in [9.17, 15) is 9.18 Å². The molecule has 1 heterocycles. The Hall–Kier alpha value is -2.95. The highest BCUT2D eigenvalue weighted by molar-refractivity contribution is 5.94. The van der Waals surface area contributed by atoms with Crippen molar-refractivity contribution in [1.82, 2.24) is 4.98 Å². The van der Waals surface area contributed by atoms with E-state index >= 15 is 0 Å².